The molecule has 1 heterocycles. The van der Waals surface area contributed by atoms with Gasteiger partial charge in [0.1, 0.15) is 6.10 Å². The summed E-state index contributed by atoms with van der Waals surface area (Å²) >= 11 is 0. The summed E-state index contributed by atoms with van der Waals surface area (Å²) < 4.78 is 5.81. The molecule has 0 unspecified atom stereocenters. The van der Waals surface area contributed by atoms with Crippen molar-refractivity contribution < 1.29 is 29.6 Å². The fourth-order valence-electron chi connectivity index (χ4n) is 6.05. The Hall–Kier alpha value is -1.86. The molecule has 0 amide bonds. The van der Waals surface area contributed by atoms with Crippen molar-refractivity contribution in [3.05, 3.63) is 29.2 Å². The first kappa shape index (κ1) is 29.4. The minimum atomic E-state index is -0.854. The van der Waals surface area contributed by atoms with Crippen molar-refractivity contribution in [1.82, 2.24) is 0 Å². The Morgan fingerprint density at radius 2 is 1.69 bits per heavy atom. The van der Waals surface area contributed by atoms with E-state index in [0.717, 1.165) is 25.7 Å². The minimum absolute atomic E-state index is 0.0472. The van der Waals surface area contributed by atoms with Crippen molar-refractivity contribution in [2.24, 2.45) is 35.5 Å². The monoisotopic (exact) mass is 492 g/mol. The van der Waals surface area contributed by atoms with Crippen LogP contribution >= 0.6 is 0 Å². The van der Waals surface area contributed by atoms with Crippen molar-refractivity contribution in [2.75, 3.05) is 7.05 Å². The molecule has 0 radical (unpaired) electrons. The van der Waals surface area contributed by atoms with Gasteiger partial charge in [-0.3, -0.25) is 9.59 Å². The second kappa shape index (κ2) is 14.0. The molecule has 0 aromatic heterocycles. The molecule has 2 rings (SSSR count). The summed E-state index contributed by atoms with van der Waals surface area (Å²) in [6.45, 7) is 8.36. The number of nitrogens with zero attached hydrogens (tertiary/aromatic N) is 1. The fraction of sp³-hybridized carbons (Fsp3) is 0.786. The third kappa shape index (κ3) is 8.94. The molecular weight excluding hydrogens is 446 g/mol. The molecule has 0 spiro atoms. The maximum atomic E-state index is 12.8. The molecule has 0 aromatic rings. The maximum absolute atomic E-state index is 12.8. The van der Waals surface area contributed by atoms with E-state index in [4.69, 9.17) is 4.74 Å². The summed E-state index contributed by atoms with van der Waals surface area (Å²) in [4.78, 5) is 24.6. The number of aliphatic hydroxyl groups is 2. The number of aliphatic hydroxyl groups excluding tert-OH is 2. The Bertz CT molecular complexity index is 750. The molecule has 0 bridgehead atoms. The van der Waals surface area contributed by atoms with Crippen LogP contribution in [0.3, 0.4) is 0 Å². The summed E-state index contributed by atoms with van der Waals surface area (Å²) in [5.41, 5.74) is 0.602. The van der Waals surface area contributed by atoms with E-state index < -0.39 is 36.2 Å². The number of carboxylic acids is 1. The van der Waals surface area contributed by atoms with Crippen LogP contribution in [0.15, 0.2) is 23.9 Å². The molecule has 1 fully saturated rings. The van der Waals surface area contributed by atoms with E-state index in [1.807, 2.05) is 19.9 Å². The predicted molar refractivity (Wildman–Crippen MR) is 137 cm³/mol. The van der Waals surface area contributed by atoms with Gasteiger partial charge in [-0.25, -0.2) is 0 Å². The SMILES string of the molecule is C[N-]/C1=C/C=C/C[C@@H]([C@@H]2CCC[C@H]2C(=O)O)OC(=O)C[C@H](O)[C@@H](C)C[C@@H](C)C[C@@H](C)C[C@H](C)[C@@H]1O. The van der Waals surface area contributed by atoms with E-state index in [0.29, 0.717) is 36.8 Å². The number of esters is 1. The summed E-state index contributed by atoms with van der Waals surface area (Å²) in [7, 11) is 1.67. The minimum Gasteiger partial charge on any atom is -0.688 e. The summed E-state index contributed by atoms with van der Waals surface area (Å²) in [6, 6.07) is 0. The van der Waals surface area contributed by atoms with Gasteiger partial charge < -0.3 is 25.4 Å². The van der Waals surface area contributed by atoms with Crippen LogP contribution in [-0.4, -0.2) is 52.6 Å². The van der Waals surface area contributed by atoms with Crippen LogP contribution in [0.1, 0.15) is 79.1 Å². The van der Waals surface area contributed by atoms with Crippen molar-refractivity contribution in [1.29, 1.82) is 0 Å². The van der Waals surface area contributed by atoms with Gasteiger partial charge in [0.25, 0.3) is 0 Å². The predicted octanol–water partition coefficient (Wildman–Crippen LogP) is 5.07. The van der Waals surface area contributed by atoms with Crippen LogP contribution < -0.4 is 0 Å². The summed E-state index contributed by atoms with van der Waals surface area (Å²) in [5.74, 6) is -1.37. The molecule has 0 aromatic carbocycles. The number of carbonyl (C=O) groups is 2. The highest BCUT2D eigenvalue weighted by Crippen LogP contribution is 2.37. The van der Waals surface area contributed by atoms with Gasteiger partial charge in [0.15, 0.2) is 0 Å². The topological polar surface area (TPSA) is 118 Å². The molecule has 2 aliphatic rings. The summed E-state index contributed by atoms with van der Waals surface area (Å²) in [6.07, 6.45) is 8.37. The van der Waals surface area contributed by atoms with Gasteiger partial charge in [-0.1, -0.05) is 52.3 Å². The molecule has 0 saturated heterocycles. The maximum Gasteiger partial charge on any atom is 0.308 e. The first-order chi connectivity index (χ1) is 16.5. The lowest BCUT2D eigenvalue weighted by molar-refractivity contribution is -0.159. The normalized spacial score (nSPS) is 41.1. The van der Waals surface area contributed by atoms with Gasteiger partial charge in [-0.15, -0.1) is 12.7 Å². The molecule has 3 N–H and O–H groups in total. The van der Waals surface area contributed by atoms with Crippen molar-refractivity contribution in [3.63, 3.8) is 0 Å². The van der Waals surface area contributed by atoms with Crippen LogP contribution in [0.2, 0.25) is 0 Å². The molecule has 9 atom stereocenters. The molecule has 35 heavy (non-hydrogen) atoms. The average Bonchev–Trinajstić information content (AvgIpc) is 3.27. The highest BCUT2D eigenvalue weighted by molar-refractivity contribution is 5.72. The molecule has 7 nitrogen and oxygen atoms in total. The summed E-state index contributed by atoms with van der Waals surface area (Å²) in [5, 5.41) is 35.5. The van der Waals surface area contributed by atoms with E-state index in [1.165, 1.54) is 0 Å². The lowest BCUT2D eigenvalue weighted by Crippen LogP contribution is -2.34. The number of hydrogen-bond acceptors (Lipinski definition) is 5. The molecule has 7 heteroatoms. The molecule has 1 saturated carbocycles. The first-order valence-electron chi connectivity index (χ1n) is 13.3. The number of likely N-dealkylation sites (N-methyl/N-ethyl adjacent to an activating group) is 1. The number of rotatable bonds is 3. The number of cyclic esters (lactones) is 1. The number of aliphatic carboxylic acids is 1. The van der Waals surface area contributed by atoms with Crippen LogP contribution in [0.5, 0.6) is 0 Å². The highest BCUT2D eigenvalue weighted by atomic mass is 16.5. The van der Waals surface area contributed by atoms with E-state index in [9.17, 15) is 24.9 Å². The zero-order chi connectivity index (χ0) is 26.1. The Kier molecular flexibility index (Phi) is 11.8. The van der Waals surface area contributed by atoms with Gasteiger partial charge in [-0.2, -0.15) is 0 Å². The Labute approximate surface area is 211 Å². The second-order valence-electron chi connectivity index (χ2n) is 11.1. The second-order valence-corrected chi connectivity index (χ2v) is 11.1. The quantitative estimate of drug-likeness (QED) is 0.473. The van der Waals surface area contributed by atoms with Gasteiger partial charge in [0, 0.05) is 12.3 Å². The van der Waals surface area contributed by atoms with Crippen molar-refractivity contribution in [3.8, 4) is 0 Å². The molecular formula is C28H46NO6-. The van der Waals surface area contributed by atoms with Gasteiger partial charge in [0.05, 0.1) is 24.5 Å². The zero-order valence-corrected chi connectivity index (χ0v) is 22.1. The number of carbonyl (C=O) groups excluding carboxylic acids is 1. The average molecular weight is 493 g/mol. The van der Waals surface area contributed by atoms with Gasteiger partial charge in [-0.05, 0) is 55.8 Å². The van der Waals surface area contributed by atoms with Crippen molar-refractivity contribution in [2.45, 2.75) is 97.4 Å². The molecule has 200 valence electrons. The number of carboxylic acid groups (broad SMARTS) is 1. The zero-order valence-electron chi connectivity index (χ0n) is 22.1. The van der Waals surface area contributed by atoms with Crippen molar-refractivity contribution >= 4 is 11.9 Å². The largest absolute Gasteiger partial charge is 0.688 e. The number of hydrogen-bond donors (Lipinski definition) is 3. The smallest absolute Gasteiger partial charge is 0.308 e. The van der Waals surface area contributed by atoms with Gasteiger partial charge in [0.2, 0.25) is 0 Å². The lowest BCUT2D eigenvalue weighted by atomic mass is 9.82. The van der Waals surface area contributed by atoms with E-state index in [1.54, 1.807) is 19.2 Å². The van der Waals surface area contributed by atoms with Crippen LogP contribution in [0.4, 0.5) is 0 Å². The standard InChI is InChI=1S/C28H46NO6/c1-17-13-18(2)15-20(4)27(32)23(29-5)11-6-7-12-25(21-9-8-10-22(21)28(33)34)35-26(31)16-24(30)19(3)14-17/h6-7,11,17-22,24-25,27,30,32H,8-10,12-16H2,1-5H3,(H,33,34)/q-1/b7-6+,23-11+/t17-,18+,19-,20-,21+,22+,24-,25-,27-/m0/s1. The number of ether oxygens (including phenoxy) is 1. The Morgan fingerprint density at radius 3 is 2.31 bits per heavy atom. The Balaban J connectivity index is 2.29. The molecule has 1 aliphatic heterocycles. The highest BCUT2D eigenvalue weighted by Gasteiger charge is 2.39. The molecule has 1 aliphatic carbocycles. The van der Waals surface area contributed by atoms with Crippen LogP contribution in [0, 0.1) is 35.5 Å². The third-order valence-electron chi connectivity index (χ3n) is 7.90. The van der Waals surface area contributed by atoms with E-state index >= 15 is 0 Å². The third-order valence-corrected chi connectivity index (χ3v) is 7.90. The van der Waals surface area contributed by atoms with Crippen LogP contribution in [0.25, 0.3) is 5.32 Å². The fourth-order valence-corrected chi connectivity index (χ4v) is 6.05. The van der Waals surface area contributed by atoms with E-state index in [2.05, 4.69) is 19.2 Å². The van der Waals surface area contributed by atoms with Gasteiger partial charge >= 0.3 is 11.9 Å². The lowest BCUT2D eigenvalue weighted by Gasteiger charge is -2.32. The van der Waals surface area contributed by atoms with Crippen LogP contribution in [-0.2, 0) is 14.3 Å². The number of allylic oxidation sites excluding steroid dienone is 2. The first-order valence-corrected chi connectivity index (χ1v) is 13.3. The Morgan fingerprint density at radius 1 is 1.03 bits per heavy atom. The van der Waals surface area contributed by atoms with E-state index in [-0.39, 0.29) is 24.2 Å².